The number of nitrogens with zero attached hydrogens (tertiary/aromatic N) is 2. The van der Waals surface area contributed by atoms with Gasteiger partial charge in [0.2, 0.25) is 5.91 Å². The van der Waals surface area contributed by atoms with Crippen molar-refractivity contribution in [2.24, 2.45) is 0 Å². The van der Waals surface area contributed by atoms with Crippen LogP contribution in [0.15, 0.2) is 0 Å². The van der Waals surface area contributed by atoms with Gasteiger partial charge in [-0.25, -0.2) is 0 Å². The van der Waals surface area contributed by atoms with Crippen LogP contribution in [-0.2, 0) is 14.4 Å². The molecule has 0 aromatic carbocycles. The summed E-state index contributed by atoms with van der Waals surface area (Å²) in [5, 5.41) is 13.0. The lowest BCUT2D eigenvalue weighted by atomic mass is 10.3. The number of rotatable bonds is 1. The van der Waals surface area contributed by atoms with Gasteiger partial charge in [-0.1, -0.05) is 0 Å². The normalized spacial score (nSPS) is 15.7. The molecule has 0 unspecified atom stereocenters. The standard InChI is InChI=1S/C9H12N4O3/c10-2-3-12-8(15)9(16)13-5-1-7(14)11-4-6-13/h1,3-6H2,(H,11,14)(H,12,15). The first-order valence-electron chi connectivity index (χ1n) is 4.86. The van der Waals surface area contributed by atoms with Crippen molar-refractivity contribution in [3.05, 3.63) is 0 Å². The highest BCUT2D eigenvalue weighted by molar-refractivity contribution is 6.35. The minimum Gasteiger partial charge on any atom is -0.354 e. The van der Waals surface area contributed by atoms with E-state index in [0.29, 0.717) is 13.1 Å². The Kier molecular flexibility index (Phi) is 4.27. The maximum absolute atomic E-state index is 11.5. The van der Waals surface area contributed by atoms with Crippen LogP contribution >= 0.6 is 0 Å². The molecular weight excluding hydrogens is 212 g/mol. The van der Waals surface area contributed by atoms with E-state index in [-0.39, 0.29) is 25.4 Å². The molecule has 1 aliphatic rings. The van der Waals surface area contributed by atoms with Gasteiger partial charge in [-0.05, 0) is 0 Å². The smallest absolute Gasteiger partial charge is 0.311 e. The highest BCUT2D eigenvalue weighted by atomic mass is 16.2. The van der Waals surface area contributed by atoms with Crippen molar-refractivity contribution in [2.75, 3.05) is 26.2 Å². The van der Waals surface area contributed by atoms with Crippen LogP contribution in [0.4, 0.5) is 0 Å². The molecule has 2 N–H and O–H groups in total. The number of amides is 3. The van der Waals surface area contributed by atoms with Crippen molar-refractivity contribution in [3.8, 4) is 6.07 Å². The average Bonchev–Trinajstić information content (AvgIpc) is 2.50. The maximum Gasteiger partial charge on any atom is 0.311 e. The fourth-order valence-electron chi connectivity index (χ4n) is 1.31. The van der Waals surface area contributed by atoms with Gasteiger partial charge < -0.3 is 15.5 Å². The zero-order valence-corrected chi connectivity index (χ0v) is 8.65. The summed E-state index contributed by atoms with van der Waals surface area (Å²) in [5.74, 6) is -1.64. The number of nitrogens with one attached hydrogen (secondary N) is 2. The summed E-state index contributed by atoms with van der Waals surface area (Å²) in [7, 11) is 0. The number of hydrogen-bond acceptors (Lipinski definition) is 4. The van der Waals surface area contributed by atoms with Crippen LogP contribution in [0.3, 0.4) is 0 Å². The van der Waals surface area contributed by atoms with Crippen molar-refractivity contribution in [3.63, 3.8) is 0 Å². The molecule has 0 saturated carbocycles. The summed E-state index contributed by atoms with van der Waals surface area (Å²) < 4.78 is 0. The van der Waals surface area contributed by atoms with Crippen LogP contribution < -0.4 is 10.6 Å². The predicted octanol–water partition coefficient (Wildman–Crippen LogP) is -2.03. The molecule has 7 heteroatoms. The van der Waals surface area contributed by atoms with Crippen molar-refractivity contribution in [1.82, 2.24) is 15.5 Å². The molecule has 0 atom stereocenters. The predicted molar refractivity (Wildman–Crippen MR) is 52.8 cm³/mol. The lowest BCUT2D eigenvalue weighted by Crippen LogP contribution is -2.44. The average molecular weight is 224 g/mol. The summed E-state index contributed by atoms with van der Waals surface area (Å²) >= 11 is 0. The zero-order chi connectivity index (χ0) is 12.0. The Morgan fingerprint density at radius 1 is 1.50 bits per heavy atom. The molecule has 1 rings (SSSR count). The maximum atomic E-state index is 11.5. The molecule has 0 aliphatic carbocycles. The van der Waals surface area contributed by atoms with Crippen molar-refractivity contribution in [1.29, 1.82) is 5.26 Å². The molecule has 1 fully saturated rings. The topological polar surface area (TPSA) is 102 Å². The van der Waals surface area contributed by atoms with E-state index >= 15 is 0 Å². The fraction of sp³-hybridized carbons (Fsp3) is 0.556. The van der Waals surface area contributed by atoms with Gasteiger partial charge in [0.1, 0.15) is 6.54 Å². The largest absolute Gasteiger partial charge is 0.354 e. The van der Waals surface area contributed by atoms with E-state index in [4.69, 9.17) is 5.26 Å². The summed E-state index contributed by atoms with van der Waals surface area (Å²) in [6.07, 6.45) is 0.192. The van der Waals surface area contributed by atoms with E-state index in [9.17, 15) is 14.4 Å². The number of carbonyl (C=O) groups is 3. The SMILES string of the molecule is N#CCNC(=O)C(=O)N1CCNC(=O)CC1. The Labute approximate surface area is 92.4 Å². The van der Waals surface area contributed by atoms with Crippen molar-refractivity contribution in [2.45, 2.75) is 6.42 Å². The molecule has 0 aromatic rings. The molecule has 0 bridgehead atoms. The summed E-state index contributed by atoms with van der Waals surface area (Å²) in [6, 6.07) is 1.71. The van der Waals surface area contributed by atoms with Crippen LogP contribution in [-0.4, -0.2) is 48.8 Å². The third-order valence-corrected chi connectivity index (χ3v) is 2.12. The van der Waals surface area contributed by atoms with E-state index in [1.807, 2.05) is 0 Å². The summed E-state index contributed by atoms with van der Waals surface area (Å²) in [6.45, 7) is 0.681. The molecular formula is C9H12N4O3. The van der Waals surface area contributed by atoms with E-state index in [1.54, 1.807) is 6.07 Å². The molecule has 0 radical (unpaired) electrons. The first-order chi connectivity index (χ1) is 7.65. The van der Waals surface area contributed by atoms with Gasteiger partial charge in [-0.15, -0.1) is 0 Å². The number of nitriles is 1. The number of carbonyl (C=O) groups excluding carboxylic acids is 3. The van der Waals surface area contributed by atoms with Gasteiger partial charge in [-0.3, -0.25) is 14.4 Å². The zero-order valence-electron chi connectivity index (χ0n) is 8.65. The first kappa shape index (κ1) is 12.0. The Morgan fingerprint density at radius 2 is 2.25 bits per heavy atom. The highest BCUT2D eigenvalue weighted by Gasteiger charge is 2.23. The Hall–Kier alpha value is -2.10. The monoisotopic (exact) mass is 224 g/mol. The lowest BCUT2D eigenvalue weighted by Gasteiger charge is -2.18. The van der Waals surface area contributed by atoms with Gasteiger partial charge in [0.25, 0.3) is 0 Å². The first-order valence-corrected chi connectivity index (χ1v) is 4.86. The quantitative estimate of drug-likeness (QED) is 0.396. The second kappa shape index (κ2) is 5.70. The Balaban J connectivity index is 2.50. The molecule has 3 amide bonds. The van der Waals surface area contributed by atoms with Gasteiger partial charge in [0.15, 0.2) is 0 Å². The Morgan fingerprint density at radius 3 is 2.94 bits per heavy atom. The fourth-order valence-corrected chi connectivity index (χ4v) is 1.31. The van der Waals surface area contributed by atoms with Gasteiger partial charge in [0.05, 0.1) is 6.07 Å². The van der Waals surface area contributed by atoms with E-state index in [1.165, 1.54) is 4.90 Å². The van der Waals surface area contributed by atoms with Crippen LogP contribution in [0.1, 0.15) is 6.42 Å². The molecule has 1 saturated heterocycles. The Bertz CT molecular complexity index is 347. The summed E-state index contributed by atoms with van der Waals surface area (Å²) in [5.41, 5.74) is 0. The van der Waals surface area contributed by atoms with Gasteiger partial charge in [-0.2, -0.15) is 5.26 Å². The van der Waals surface area contributed by atoms with Gasteiger partial charge >= 0.3 is 11.8 Å². The molecule has 0 spiro atoms. The minimum absolute atomic E-state index is 0.132. The molecule has 86 valence electrons. The second-order valence-electron chi connectivity index (χ2n) is 3.23. The van der Waals surface area contributed by atoms with E-state index in [0.717, 1.165) is 0 Å². The van der Waals surface area contributed by atoms with Crippen LogP contribution in [0, 0.1) is 11.3 Å². The van der Waals surface area contributed by atoms with Crippen molar-refractivity contribution >= 4 is 17.7 Å². The van der Waals surface area contributed by atoms with Crippen LogP contribution in [0.25, 0.3) is 0 Å². The van der Waals surface area contributed by atoms with Gasteiger partial charge in [0, 0.05) is 26.1 Å². The van der Waals surface area contributed by atoms with Crippen LogP contribution in [0.2, 0.25) is 0 Å². The van der Waals surface area contributed by atoms with Crippen LogP contribution in [0.5, 0.6) is 0 Å². The highest BCUT2D eigenvalue weighted by Crippen LogP contribution is 1.97. The third kappa shape index (κ3) is 3.24. The van der Waals surface area contributed by atoms with E-state index < -0.39 is 11.8 Å². The number of hydrogen-bond donors (Lipinski definition) is 2. The molecule has 16 heavy (non-hydrogen) atoms. The minimum atomic E-state index is -0.809. The van der Waals surface area contributed by atoms with E-state index in [2.05, 4.69) is 10.6 Å². The second-order valence-corrected chi connectivity index (χ2v) is 3.23. The molecule has 0 aromatic heterocycles. The molecule has 1 heterocycles. The molecule has 7 nitrogen and oxygen atoms in total. The molecule has 1 aliphatic heterocycles. The van der Waals surface area contributed by atoms with Crippen molar-refractivity contribution < 1.29 is 14.4 Å². The lowest BCUT2D eigenvalue weighted by molar-refractivity contribution is -0.145. The summed E-state index contributed by atoms with van der Waals surface area (Å²) in [4.78, 5) is 35.1. The third-order valence-electron chi connectivity index (χ3n) is 2.12.